The summed E-state index contributed by atoms with van der Waals surface area (Å²) in [5.74, 6) is 0.501. The predicted octanol–water partition coefficient (Wildman–Crippen LogP) is 2.49. The van der Waals surface area contributed by atoms with Crippen LogP contribution in [0.25, 0.3) is 0 Å². The molecule has 4 rings (SSSR count). The Labute approximate surface area is 183 Å². The van der Waals surface area contributed by atoms with Gasteiger partial charge in [0.15, 0.2) is 5.67 Å². The number of rotatable bonds is 5. The van der Waals surface area contributed by atoms with E-state index in [2.05, 4.69) is 15.2 Å². The number of aromatic nitrogens is 1. The first kappa shape index (κ1) is 22.1. The molecule has 4 heterocycles. The van der Waals surface area contributed by atoms with Gasteiger partial charge >= 0.3 is 0 Å². The van der Waals surface area contributed by atoms with Crippen LogP contribution >= 0.6 is 0 Å². The number of hydrogen-bond acceptors (Lipinski definition) is 5. The Morgan fingerprint density at radius 3 is 2.45 bits per heavy atom. The number of likely N-dealkylation sites (tertiary alicyclic amines) is 2. The van der Waals surface area contributed by atoms with Gasteiger partial charge in [0.1, 0.15) is 5.82 Å². The zero-order valence-corrected chi connectivity index (χ0v) is 18.1. The third-order valence-corrected chi connectivity index (χ3v) is 6.96. The van der Waals surface area contributed by atoms with Crippen molar-refractivity contribution >= 4 is 17.6 Å². The van der Waals surface area contributed by atoms with Gasteiger partial charge in [0, 0.05) is 70.9 Å². The van der Waals surface area contributed by atoms with Crippen molar-refractivity contribution in [1.82, 2.24) is 14.8 Å². The Morgan fingerprint density at radius 1 is 1.10 bits per heavy atom. The maximum absolute atomic E-state index is 15.5. The molecule has 0 atom stereocenters. The van der Waals surface area contributed by atoms with Gasteiger partial charge in [-0.25, -0.2) is 9.37 Å². The average molecular weight is 433 g/mol. The number of hydrogen-bond donors (Lipinski definition) is 1. The number of carbonyl (C=O) groups is 2. The summed E-state index contributed by atoms with van der Waals surface area (Å²) < 4.78 is 20.9. The number of ether oxygens (including phenoxy) is 1. The van der Waals surface area contributed by atoms with Crippen LogP contribution in [-0.4, -0.2) is 78.2 Å². The van der Waals surface area contributed by atoms with Gasteiger partial charge in [0.25, 0.3) is 5.91 Å². The van der Waals surface area contributed by atoms with Gasteiger partial charge in [-0.1, -0.05) is 6.07 Å². The van der Waals surface area contributed by atoms with Crippen molar-refractivity contribution < 1.29 is 18.7 Å². The van der Waals surface area contributed by atoms with Crippen LogP contribution in [0.15, 0.2) is 24.4 Å². The largest absolute Gasteiger partial charge is 0.381 e. The van der Waals surface area contributed by atoms with E-state index in [4.69, 9.17) is 4.74 Å². The molecule has 3 saturated heterocycles. The van der Waals surface area contributed by atoms with Crippen molar-refractivity contribution in [3.8, 4) is 0 Å². The monoisotopic (exact) mass is 432 g/mol. The summed E-state index contributed by atoms with van der Waals surface area (Å²) in [6.07, 6.45) is 5.39. The molecule has 3 fully saturated rings. The molecule has 0 spiro atoms. The summed E-state index contributed by atoms with van der Waals surface area (Å²) in [5, 5.41) is 2.82. The molecule has 31 heavy (non-hydrogen) atoms. The molecule has 0 saturated carbocycles. The first-order valence-corrected chi connectivity index (χ1v) is 11.5. The lowest BCUT2D eigenvalue weighted by atomic mass is 9.88. The quantitative estimate of drug-likeness (QED) is 0.774. The summed E-state index contributed by atoms with van der Waals surface area (Å²) in [5.41, 5.74) is -1.77. The molecule has 2 amide bonds. The lowest BCUT2D eigenvalue weighted by molar-refractivity contribution is -0.149. The van der Waals surface area contributed by atoms with Crippen molar-refractivity contribution in [2.24, 2.45) is 11.8 Å². The normalized spacial score (nSPS) is 23.5. The fourth-order valence-corrected chi connectivity index (χ4v) is 4.89. The zero-order chi connectivity index (χ0) is 21.7. The summed E-state index contributed by atoms with van der Waals surface area (Å²) >= 11 is 0. The van der Waals surface area contributed by atoms with Crippen LogP contribution in [0, 0.1) is 11.8 Å². The van der Waals surface area contributed by atoms with Crippen LogP contribution in [0.3, 0.4) is 0 Å². The predicted molar refractivity (Wildman–Crippen MR) is 115 cm³/mol. The van der Waals surface area contributed by atoms with Gasteiger partial charge in [-0.05, 0) is 43.7 Å². The minimum absolute atomic E-state index is 0.0813. The molecule has 0 radical (unpaired) electrons. The molecule has 0 unspecified atom stereocenters. The first-order valence-electron chi connectivity index (χ1n) is 11.5. The van der Waals surface area contributed by atoms with Crippen LogP contribution in [0.4, 0.5) is 10.2 Å². The first-order chi connectivity index (χ1) is 15.0. The number of carbonyl (C=O) groups excluding carboxylic acids is 2. The van der Waals surface area contributed by atoms with Crippen molar-refractivity contribution in [2.45, 2.75) is 44.2 Å². The highest BCUT2D eigenvalue weighted by molar-refractivity contribution is 5.92. The Hall–Kier alpha value is -2.06. The molecule has 8 heteroatoms. The van der Waals surface area contributed by atoms with Crippen LogP contribution < -0.4 is 5.32 Å². The van der Waals surface area contributed by atoms with E-state index in [-0.39, 0.29) is 30.6 Å². The van der Waals surface area contributed by atoms with Crippen LogP contribution in [0.1, 0.15) is 38.5 Å². The van der Waals surface area contributed by atoms with E-state index in [1.807, 2.05) is 6.07 Å². The Morgan fingerprint density at radius 2 is 1.81 bits per heavy atom. The Kier molecular flexibility index (Phi) is 7.17. The zero-order valence-electron chi connectivity index (χ0n) is 18.1. The molecule has 3 aliphatic rings. The number of anilines is 1. The molecule has 0 aromatic carbocycles. The second-order valence-electron chi connectivity index (χ2n) is 9.09. The summed E-state index contributed by atoms with van der Waals surface area (Å²) in [6.45, 7) is 4.72. The average Bonchev–Trinajstić information content (AvgIpc) is 2.82. The summed E-state index contributed by atoms with van der Waals surface area (Å²) in [7, 11) is 0. The number of amides is 2. The van der Waals surface area contributed by atoms with E-state index in [1.165, 1.54) is 0 Å². The highest BCUT2D eigenvalue weighted by Crippen LogP contribution is 2.32. The van der Waals surface area contributed by atoms with Crippen LogP contribution in [0.5, 0.6) is 0 Å². The number of pyridine rings is 1. The molecule has 0 bridgehead atoms. The lowest BCUT2D eigenvalue weighted by Crippen LogP contribution is -2.54. The molecule has 1 aromatic heterocycles. The molecular weight excluding hydrogens is 399 g/mol. The minimum atomic E-state index is -1.77. The third kappa shape index (κ3) is 5.60. The van der Waals surface area contributed by atoms with E-state index in [9.17, 15) is 9.59 Å². The summed E-state index contributed by atoms with van der Waals surface area (Å²) in [4.78, 5) is 33.4. The van der Waals surface area contributed by atoms with Crippen molar-refractivity contribution in [2.75, 3.05) is 51.3 Å². The molecule has 7 nitrogen and oxygen atoms in total. The van der Waals surface area contributed by atoms with Crippen molar-refractivity contribution in [3.63, 3.8) is 0 Å². The standard InChI is InChI=1S/C23H33FN4O3/c24-23(8-13-27(14-9-23)17-18-6-15-31-16-7-18)22(30)28-11-4-19(5-12-28)21(29)26-20-3-1-2-10-25-20/h1-3,10,18-19H,4-9,11-17H2,(H,25,26,29). The lowest BCUT2D eigenvalue weighted by Gasteiger charge is -2.41. The SMILES string of the molecule is O=C(Nc1ccccn1)C1CCN(C(=O)C2(F)CCN(CC3CCOCC3)CC2)CC1. The summed E-state index contributed by atoms with van der Waals surface area (Å²) in [6, 6.07) is 5.36. The van der Waals surface area contributed by atoms with Gasteiger partial charge in [-0.2, -0.15) is 0 Å². The fourth-order valence-electron chi connectivity index (χ4n) is 4.89. The highest BCUT2D eigenvalue weighted by atomic mass is 19.1. The second kappa shape index (κ2) is 10.0. The minimum Gasteiger partial charge on any atom is -0.381 e. The molecule has 1 aromatic rings. The van der Waals surface area contributed by atoms with Gasteiger partial charge in [-0.15, -0.1) is 0 Å². The van der Waals surface area contributed by atoms with Gasteiger partial charge in [0.2, 0.25) is 5.91 Å². The number of piperidine rings is 2. The van der Waals surface area contributed by atoms with Gasteiger partial charge in [0.05, 0.1) is 0 Å². The van der Waals surface area contributed by atoms with E-state index >= 15 is 4.39 Å². The fraction of sp³-hybridized carbons (Fsp3) is 0.696. The number of alkyl halides is 1. The van der Waals surface area contributed by atoms with Gasteiger partial charge < -0.3 is 19.9 Å². The Bertz CT molecular complexity index is 740. The Balaban J connectivity index is 1.22. The molecule has 3 aliphatic heterocycles. The third-order valence-electron chi connectivity index (χ3n) is 6.96. The molecule has 1 N–H and O–H groups in total. The van der Waals surface area contributed by atoms with E-state index < -0.39 is 5.67 Å². The number of nitrogens with one attached hydrogen (secondary N) is 1. The maximum atomic E-state index is 15.5. The van der Waals surface area contributed by atoms with Gasteiger partial charge in [-0.3, -0.25) is 9.59 Å². The van der Waals surface area contributed by atoms with Crippen molar-refractivity contribution in [3.05, 3.63) is 24.4 Å². The van der Waals surface area contributed by atoms with Crippen molar-refractivity contribution in [1.29, 1.82) is 0 Å². The van der Waals surface area contributed by atoms with Crippen LogP contribution in [-0.2, 0) is 14.3 Å². The van der Waals surface area contributed by atoms with Crippen LogP contribution in [0.2, 0.25) is 0 Å². The second-order valence-corrected chi connectivity index (χ2v) is 9.09. The van der Waals surface area contributed by atoms with E-state index in [0.717, 1.165) is 32.6 Å². The maximum Gasteiger partial charge on any atom is 0.260 e. The van der Waals surface area contributed by atoms with E-state index in [1.54, 1.807) is 23.2 Å². The topological polar surface area (TPSA) is 74.8 Å². The smallest absolute Gasteiger partial charge is 0.260 e. The number of nitrogens with zero attached hydrogens (tertiary/aromatic N) is 3. The number of halogens is 1. The highest BCUT2D eigenvalue weighted by Gasteiger charge is 2.45. The molecule has 170 valence electrons. The molecule has 0 aliphatic carbocycles. The van der Waals surface area contributed by atoms with E-state index in [0.29, 0.717) is 50.8 Å². The molecular formula is C23H33FN4O3.